The predicted molar refractivity (Wildman–Crippen MR) is 21.6 cm³/mol. The van der Waals surface area contributed by atoms with Gasteiger partial charge in [-0.2, -0.15) is 0 Å². The van der Waals surface area contributed by atoms with Crippen molar-refractivity contribution in [2.75, 3.05) is 0 Å². The van der Waals surface area contributed by atoms with E-state index in [0.29, 0.717) is 0 Å². The maximum Gasteiger partial charge on any atom is 0.0172 e. The fourth-order valence-corrected chi connectivity index (χ4v) is 0. The van der Waals surface area contributed by atoms with Crippen molar-refractivity contribution in [3.63, 3.8) is 0 Å². The molecule has 0 heterocycles. The predicted octanol–water partition coefficient (Wildman–Crippen LogP) is -4.46. The smallest absolute Gasteiger partial charge is 0.0172 e. The van der Waals surface area contributed by atoms with E-state index in [2.05, 4.69) is 0 Å². The third-order valence-corrected chi connectivity index (χ3v) is 0. The van der Waals surface area contributed by atoms with Crippen molar-refractivity contribution in [3.8, 4) is 0 Å². The minimum atomic E-state index is -3.63. The summed E-state index contributed by atoms with van der Waals surface area (Å²) in [7, 11) is -3.63. The Bertz CT molecular complexity index is 34.7. The first-order valence-electron chi connectivity index (χ1n) is 0.612. The molecule has 0 fully saturated rings. The summed E-state index contributed by atoms with van der Waals surface area (Å²) in [5, 5.41) is 0. The van der Waals surface area contributed by atoms with Gasteiger partial charge in [-0.25, -0.2) is 0 Å². The summed E-state index contributed by atoms with van der Waals surface area (Å²) in [6.07, 6.45) is 0. The third kappa shape index (κ3) is 213. The Kier molecular flexibility index (Phi) is 56.0. The Morgan fingerprint density at radius 2 is 1.29 bits per heavy atom. The van der Waals surface area contributed by atoms with Crippen LogP contribution in [0.1, 0.15) is 0 Å². The largest absolute Gasteiger partial charge is 0.672 e. The van der Waals surface area contributed by atoms with E-state index < -0.39 is 9.17 Å². The van der Waals surface area contributed by atoms with Gasteiger partial charge in [0.05, 0.1) is 0 Å². The van der Waals surface area contributed by atoms with Crippen LogP contribution in [0.15, 0.2) is 0 Å². The first-order valence-corrected chi connectivity index (χ1v) is 1.84. The van der Waals surface area contributed by atoms with Crippen LogP contribution in [0.3, 0.4) is 0 Å². The highest BCUT2D eigenvalue weighted by Crippen LogP contribution is 0.990. The first kappa shape index (κ1) is 24.8. The maximum absolute atomic E-state index is 8.52. The van der Waals surface area contributed by atoms with Crippen LogP contribution in [0.4, 0.5) is 0 Å². The Morgan fingerprint density at radius 3 is 1.29 bits per heavy atom. The normalized spacial score (nSPS) is 3.43. The van der Waals surface area contributed by atoms with Crippen molar-refractivity contribution < 1.29 is 19.5 Å². The third-order valence-electron chi connectivity index (χ3n) is 0. The molecule has 0 aromatic carbocycles. The van der Waals surface area contributed by atoms with Crippen LogP contribution in [0, 0.1) is 0 Å². The van der Waals surface area contributed by atoms with Gasteiger partial charge >= 0.3 is 0 Å². The van der Waals surface area contributed by atoms with Crippen molar-refractivity contribution in [1.82, 2.24) is 0 Å². The van der Waals surface area contributed by atoms with E-state index in [1.165, 1.54) is 0 Å². The van der Waals surface area contributed by atoms with Crippen molar-refractivity contribution in [3.05, 3.63) is 0 Å². The molecule has 0 aliphatic carbocycles. The van der Waals surface area contributed by atoms with E-state index in [1.54, 1.807) is 0 Å². The van der Waals surface area contributed by atoms with Gasteiger partial charge in [0, 0.05) is 49.6 Å². The molecule has 0 aromatic heterocycles. The highest BCUT2D eigenvalue weighted by molar-refractivity contribution is 6.17. The monoisotopic (exact) mass is 145 g/mol. The zero-order chi connectivity index (χ0) is 3.58. The lowest BCUT2D eigenvalue weighted by molar-refractivity contribution is -0.354. The number of hydrogen-bond donors (Lipinski definition) is 0. The summed E-state index contributed by atoms with van der Waals surface area (Å²) in [6.45, 7) is 0. The molecule has 2 N–H and O–H groups in total. The number of rotatable bonds is 0. The van der Waals surface area contributed by atoms with Crippen molar-refractivity contribution in [1.29, 1.82) is 0 Å². The van der Waals surface area contributed by atoms with Gasteiger partial charge in [0.1, 0.15) is 0 Å². The summed E-state index contributed by atoms with van der Waals surface area (Å²) in [4.78, 5) is 17.0. The van der Waals surface area contributed by atoms with Crippen LogP contribution in [0.25, 0.3) is 0 Å². The molecule has 0 amide bonds. The van der Waals surface area contributed by atoms with E-state index in [4.69, 9.17) is 14.1 Å². The van der Waals surface area contributed by atoms with Crippen molar-refractivity contribution >= 4 is 49.6 Å². The Balaban J connectivity index is -0.0000000150. The fraction of sp³-hybridized carbons (Fsp3) is 0. The second kappa shape index (κ2) is 15.8. The number of hydrogen-bond acceptors (Lipinski definition) is 3. The van der Waals surface area contributed by atoms with Crippen LogP contribution in [0.2, 0.25) is 0 Å². The summed E-state index contributed by atoms with van der Waals surface area (Å²) >= 11 is 0. The SMILES string of the molecule is O.O=[Si]([O-])[O-].[Al].[Mg]. The van der Waals surface area contributed by atoms with E-state index >= 15 is 0 Å². The molecule has 0 saturated carbocycles. The average Bonchev–Trinajstić information content (AvgIpc) is 0.811. The summed E-state index contributed by atoms with van der Waals surface area (Å²) in [6, 6.07) is 0. The Labute approximate surface area is 69.0 Å². The standard InChI is InChI=1S/Al.Mg.O3Si.H2O/c;;1-4(2)3;/h;;;1H2/q;;-2;. The molecule has 7 heavy (non-hydrogen) atoms. The zero-order valence-electron chi connectivity index (χ0n) is 3.51. The van der Waals surface area contributed by atoms with Crippen molar-refractivity contribution in [2.45, 2.75) is 0 Å². The molecule has 0 bridgehead atoms. The molecule has 0 rings (SSSR count). The average molecular weight is 145 g/mol. The Morgan fingerprint density at radius 1 is 1.29 bits per heavy atom. The lowest BCUT2D eigenvalue weighted by atomic mass is 15.8. The quantitative estimate of drug-likeness (QED) is 0.322. The van der Waals surface area contributed by atoms with Gasteiger partial charge in [-0.1, -0.05) is 0 Å². The molecule has 0 atom stereocenters. The van der Waals surface area contributed by atoms with Gasteiger partial charge in [0.2, 0.25) is 0 Å². The van der Waals surface area contributed by atoms with Gasteiger partial charge in [-0.15, -0.1) is 0 Å². The highest BCUT2D eigenvalue weighted by Gasteiger charge is 1.29. The fourth-order valence-electron chi connectivity index (χ4n) is 0. The van der Waals surface area contributed by atoms with Crippen LogP contribution >= 0.6 is 0 Å². The van der Waals surface area contributed by atoms with E-state index in [-0.39, 0.29) is 45.9 Å². The molecular formula is H2AlMgO4Si-2. The van der Waals surface area contributed by atoms with Crippen LogP contribution in [-0.4, -0.2) is 55.1 Å². The molecule has 0 saturated heterocycles. The minimum absolute atomic E-state index is 0. The Hall–Kier alpha value is 0.876. The summed E-state index contributed by atoms with van der Waals surface area (Å²) in [5.41, 5.74) is 0. The maximum atomic E-state index is 8.52. The van der Waals surface area contributed by atoms with Gasteiger partial charge in [-0.05, 0) is 0 Å². The molecular weight excluding hydrogens is 143 g/mol. The first-order chi connectivity index (χ1) is 1.73. The second-order valence-corrected chi connectivity index (χ2v) is 0.750. The summed E-state index contributed by atoms with van der Waals surface area (Å²) < 4.78 is 8.52. The molecule has 0 unspecified atom stereocenters. The van der Waals surface area contributed by atoms with Gasteiger partial charge < -0.3 is 19.5 Å². The topological polar surface area (TPSA) is 94.7 Å². The van der Waals surface area contributed by atoms with E-state index in [0.717, 1.165) is 0 Å². The molecule has 0 spiro atoms. The van der Waals surface area contributed by atoms with Crippen molar-refractivity contribution in [2.24, 2.45) is 0 Å². The lowest BCUT2D eigenvalue weighted by Crippen LogP contribution is -2.34. The molecule has 0 aliphatic rings. The molecule has 0 aromatic rings. The molecule has 7 heteroatoms. The van der Waals surface area contributed by atoms with Crippen LogP contribution in [-0.2, 0) is 4.46 Å². The molecule has 37 valence electrons. The van der Waals surface area contributed by atoms with Crippen LogP contribution in [0.5, 0.6) is 0 Å². The van der Waals surface area contributed by atoms with Gasteiger partial charge in [0.15, 0.2) is 0 Å². The highest BCUT2D eigenvalue weighted by atomic mass is 28.3. The van der Waals surface area contributed by atoms with Gasteiger partial charge in [0.25, 0.3) is 0 Å². The summed E-state index contributed by atoms with van der Waals surface area (Å²) in [5.74, 6) is 0. The van der Waals surface area contributed by atoms with Gasteiger partial charge in [-0.3, -0.25) is 0 Å². The minimum Gasteiger partial charge on any atom is -0.672 e. The second-order valence-electron chi connectivity index (χ2n) is 0.250. The lowest BCUT2D eigenvalue weighted by Gasteiger charge is -1.94. The molecule has 4 nitrogen and oxygen atoms in total. The van der Waals surface area contributed by atoms with Crippen LogP contribution < -0.4 is 9.59 Å². The van der Waals surface area contributed by atoms with E-state index in [1.807, 2.05) is 0 Å². The zero-order valence-corrected chi connectivity index (χ0v) is 7.08. The molecule has 5 radical (unpaired) electrons. The van der Waals surface area contributed by atoms with E-state index in [9.17, 15) is 0 Å². The molecule has 0 aliphatic heterocycles.